The van der Waals surface area contributed by atoms with E-state index < -0.39 is 28.7 Å². The van der Waals surface area contributed by atoms with Crippen molar-refractivity contribution in [1.82, 2.24) is 15.0 Å². The number of carbonyl (C=O) groups excluding carboxylic acids is 2. The number of fused-ring (bicyclic) bond motifs is 1. The van der Waals surface area contributed by atoms with Crippen molar-refractivity contribution in [3.8, 4) is 0 Å². The van der Waals surface area contributed by atoms with Crippen LogP contribution in [0.5, 0.6) is 0 Å². The Kier molecular flexibility index (Phi) is 6.91. The molecule has 4 rings (SSSR count). The molecule has 2 aromatic carbocycles. The van der Waals surface area contributed by atoms with Crippen molar-refractivity contribution < 1.29 is 23.6 Å². The topological polar surface area (TPSA) is 139 Å². The molecule has 0 unspecified atom stereocenters. The Balaban J connectivity index is 1.55. The van der Waals surface area contributed by atoms with Crippen LogP contribution in [0.2, 0.25) is 0 Å². The van der Waals surface area contributed by atoms with Gasteiger partial charge in [-0.2, -0.15) is 0 Å². The number of hydrogen-bond donors (Lipinski definition) is 4. The SMILES string of the molecule is Nc1c(C(=O)NCc2ccc(F)cc2F)c(=O)n(O)c2ncc(CCC(=O)Nc3ccccc3)cc12. The summed E-state index contributed by atoms with van der Waals surface area (Å²) in [6.07, 6.45) is 1.79. The number of benzene rings is 2. The summed E-state index contributed by atoms with van der Waals surface area (Å²) in [5.41, 5.74) is 5.26. The predicted molar refractivity (Wildman–Crippen MR) is 129 cm³/mol. The van der Waals surface area contributed by atoms with Gasteiger partial charge >= 0.3 is 0 Å². The molecule has 2 aromatic heterocycles. The number of amides is 2. The van der Waals surface area contributed by atoms with E-state index in [-0.39, 0.29) is 52.3 Å². The minimum atomic E-state index is -1.11. The van der Waals surface area contributed by atoms with Gasteiger partial charge in [0.1, 0.15) is 17.2 Å². The number of rotatable bonds is 7. The second-order valence-corrected chi connectivity index (χ2v) is 7.95. The Labute approximate surface area is 203 Å². The van der Waals surface area contributed by atoms with Crippen LogP contribution in [0.1, 0.15) is 27.9 Å². The van der Waals surface area contributed by atoms with Crippen LogP contribution in [0, 0.1) is 11.6 Å². The molecule has 36 heavy (non-hydrogen) atoms. The van der Waals surface area contributed by atoms with Crippen molar-refractivity contribution in [1.29, 1.82) is 0 Å². The van der Waals surface area contributed by atoms with Crippen molar-refractivity contribution in [2.45, 2.75) is 19.4 Å². The molecule has 2 heterocycles. The van der Waals surface area contributed by atoms with E-state index >= 15 is 0 Å². The second kappa shape index (κ2) is 10.2. The summed E-state index contributed by atoms with van der Waals surface area (Å²) in [7, 11) is 0. The molecule has 0 aliphatic rings. The number of aryl methyl sites for hydroxylation is 1. The number of anilines is 2. The van der Waals surface area contributed by atoms with E-state index in [4.69, 9.17) is 5.73 Å². The summed E-state index contributed by atoms with van der Waals surface area (Å²) in [4.78, 5) is 41.6. The normalized spacial score (nSPS) is 10.8. The number of nitrogen functional groups attached to an aromatic ring is 1. The van der Waals surface area contributed by atoms with Crippen LogP contribution in [-0.2, 0) is 17.8 Å². The van der Waals surface area contributed by atoms with E-state index in [0.29, 0.717) is 17.3 Å². The lowest BCUT2D eigenvalue weighted by molar-refractivity contribution is -0.116. The Morgan fingerprint density at radius 3 is 2.56 bits per heavy atom. The molecule has 0 bridgehead atoms. The number of halogens is 2. The Morgan fingerprint density at radius 1 is 1.08 bits per heavy atom. The molecule has 0 saturated carbocycles. The first-order valence-electron chi connectivity index (χ1n) is 10.8. The maximum Gasteiger partial charge on any atom is 0.299 e. The molecule has 0 radical (unpaired) electrons. The number of pyridine rings is 2. The first-order valence-corrected chi connectivity index (χ1v) is 10.8. The van der Waals surface area contributed by atoms with Gasteiger partial charge in [0.15, 0.2) is 5.65 Å². The summed E-state index contributed by atoms with van der Waals surface area (Å²) in [6.45, 7) is -0.345. The number of nitrogens with zero attached hydrogens (tertiary/aromatic N) is 2. The highest BCUT2D eigenvalue weighted by molar-refractivity contribution is 6.05. The number of aromatic nitrogens is 2. The Morgan fingerprint density at radius 2 is 1.83 bits per heavy atom. The highest BCUT2D eigenvalue weighted by Gasteiger charge is 2.22. The van der Waals surface area contributed by atoms with E-state index in [0.717, 1.165) is 12.1 Å². The fourth-order valence-electron chi connectivity index (χ4n) is 3.61. The molecule has 0 fully saturated rings. The van der Waals surface area contributed by atoms with Crippen LogP contribution < -0.4 is 21.9 Å². The zero-order chi connectivity index (χ0) is 25.8. The van der Waals surface area contributed by atoms with Gasteiger partial charge in [-0.15, -0.1) is 4.73 Å². The molecule has 0 spiro atoms. The lowest BCUT2D eigenvalue weighted by Gasteiger charge is -2.12. The average Bonchev–Trinajstić information content (AvgIpc) is 2.86. The van der Waals surface area contributed by atoms with E-state index in [2.05, 4.69) is 15.6 Å². The monoisotopic (exact) mass is 493 g/mol. The van der Waals surface area contributed by atoms with Gasteiger partial charge in [0, 0.05) is 41.9 Å². The zero-order valence-corrected chi connectivity index (χ0v) is 18.8. The van der Waals surface area contributed by atoms with E-state index in [9.17, 15) is 28.4 Å². The molecule has 11 heteroatoms. The van der Waals surface area contributed by atoms with Gasteiger partial charge in [0.2, 0.25) is 5.91 Å². The third-order valence-corrected chi connectivity index (χ3v) is 5.47. The van der Waals surface area contributed by atoms with Gasteiger partial charge in [-0.1, -0.05) is 24.3 Å². The number of nitrogens with one attached hydrogen (secondary N) is 2. The Bertz CT molecular complexity index is 1520. The van der Waals surface area contributed by atoms with Gasteiger partial charge in [-0.3, -0.25) is 14.4 Å². The van der Waals surface area contributed by atoms with Crippen molar-refractivity contribution in [2.24, 2.45) is 0 Å². The van der Waals surface area contributed by atoms with Crippen LogP contribution in [0.25, 0.3) is 11.0 Å². The first kappa shape index (κ1) is 24.3. The van der Waals surface area contributed by atoms with Crippen LogP contribution in [0.15, 0.2) is 65.6 Å². The standard InChI is InChI=1S/C25H21F2N5O4/c26-16-8-7-15(19(27)11-16)13-30-24(34)21-22(28)18-10-14(12-29-23(18)32(36)25(21)35)6-9-20(33)31-17-4-2-1-3-5-17/h1-5,7-8,10-12,36H,6,9,13,28H2,(H,30,34)(H,31,33). The maximum absolute atomic E-state index is 13.9. The van der Waals surface area contributed by atoms with E-state index in [1.807, 2.05) is 6.07 Å². The van der Waals surface area contributed by atoms with Gasteiger partial charge in [-0.25, -0.2) is 13.8 Å². The van der Waals surface area contributed by atoms with Gasteiger partial charge in [-0.05, 0) is 36.2 Å². The van der Waals surface area contributed by atoms with Crippen molar-refractivity contribution in [3.05, 3.63) is 99.5 Å². The van der Waals surface area contributed by atoms with Crippen molar-refractivity contribution in [3.63, 3.8) is 0 Å². The summed E-state index contributed by atoms with van der Waals surface area (Å²) in [5.74, 6) is -2.83. The predicted octanol–water partition coefficient (Wildman–Crippen LogP) is 3.00. The number of nitrogens with two attached hydrogens (primary N) is 1. The van der Waals surface area contributed by atoms with Crippen LogP contribution >= 0.6 is 0 Å². The van der Waals surface area contributed by atoms with Crippen LogP contribution in [0.4, 0.5) is 20.2 Å². The third kappa shape index (κ3) is 5.14. The molecule has 0 aliphatic heterocycles. The maximum atomic E-state index is 13.9. The van der Waals surface area contributed by atoms with Crippen LogP contribution in [-0.4, -0.2) is 26.7 Å². The largest absolute Gasteiger partial charge is 0.423 e. The molecule has 184 valence electrons. The number of hydrogen-bond acceptors (Lipinski definition) is 6. The molecular weight excluding hydrogens is 472 g/mol. The second-order valence-electron chi connectivity index (χ2n) is 7.95. The molecule has 2 amide bonds. The van der Waals surface area contributed by atoms with E-state index in [1.165, 1.54) is 12.3 Å². The smallest absolute Gasteiger partial charge is 0.299 e. The number of carbonyl (C=O) groups is 2. The molecule has 4 aromatic rings. The third-order valence-electron chi connectivity index (χ3n) is 5.47. The summed E-state index contributed by atoms with van der Waals surface area (Å²) >= 11 is 0. The molecule has 0 atom stereocenters. The quantitative estimate of drug-likeness (QED) is 0.292. The van der Waals surface area contributed by atoms with Gasteiger partial charge in [0.05, 0.1) is 5.69 Å². The molecule has 9 nitrogen and oxygen atoms in total. The zero-order valence-electron chi connectivity index (χ0n) is 18.8. The lowest BCUT2D eigenvalue weighted by Crippen LogP contribution is -2.34. The Hall–Kier alpha value is -4.80. The molecular formula is C25H21F2N5O4. The summed E-state index contributed by atoms with van der Waals surface area (Å²) in [5, 5.41) is 15.5. The summed E-state index contributed by atoms with van der Waals surface area (Å²) < 4.78 is 27.2. The van der Waals surface area contributed by atoms with Gasteiger partial charge in [0.25, 0.3) is 11.5 Å². The van der Waals surface area contributed by atoms with Gasteiger partial charge < -0.3 is 21.6 Å². The highest BCUT2D eigenvalue weighted by Crippen LogP contribution is 2.22. The molecule has 5 N–H and O–H groups in total. The fraction of sp³-hybridized carbons (Fsp3) is 0.120. The minimum absolute atomic E-state index is 0.00818. The fourth-order valence-corrected chi connectivity index (χ4v) is 3.61. The lowest BCUT2D eigenvalue weighted by atomic mass is 10.1. The average molecular weight is 493 g/mol. The van der Waals surface area contributed by atoms with E-state index in [1.54, 1.807) is 24.3 Å². The number of para-hydroxylation sites is 1. The minimum Gasteiger partial charge on any atom is -0.423 e. The van der Waals surface area contributed by atoms with Crippen LogP contribution in [0.3, 0.4) is 0 Å². The van der Waals surface area contributed by atoms with Crippen molar-refractivity contribution in [2.75, 3.05) is 11.1 Å². The molecule has 0 saturated heterocycles. The first-order chi connectivity index (χ1) is 17.2. The highest BCUT2D eigenvalue weighted by atomic mass is 19.1. The summed E-state index contributed by atoms with van der Waals surface area (Å²) in [6, 6.07) is 13.3. The molecule has 0 aliphatic carbocycles. The van der Waals surface area contributed by atoms with Crippen molar-refractivity contribution >= 4 is 34.2 Å².